The van der Waals surface area contributed by atoms with E-state index in [9.17, 15) is 4.79 Å². The van der Waals surface area contributed by atoms with Crippen LogP contribution in [0.3, 0.4) is 0 Å². The number of hydrogen-bond donors (Lipinski definition) is 1. The van der Waals surface area contributed by atoms with Gasteiger partial charge in [-0.1, -0.05) is 0 Å². The van der Waals surface area contributed by atoms with Gasteiger partial charge < -0.3 is 15.0 Å². The molecule has 0 spiro atoms. The number of amides is 1. The monoisotopic (exact) mass is 200 g/mol. The maximum absolute atomic E-state index is 11.5. The predicted octanol–water partition coefficient (Wildman–Crippen LogP) is 0.232. The summed E-state index contributed by atoms with van der Waals surface area (Å²) >= 11 is 0. The van der Waals surface area contributed by atoms with E-state index in [1.807, 2.05) is 6.92 Å². The van der Waals surface area contributed by atoms with Crippen LogP contribution < -0.4 is 5.32 Å². The lowest BCUT2D eigenvalue weighted by Crippen LogP contribution is -2.47. The van der Waals surface area contributed by atoms with Gasteiger partial charge in [-0.05, 0) is 19.8 Å². The fraction of sp³-hybridized carbons (Fsp3) is 0.900. The average molecular weight is 200 g/mol. The third-order valence-electron chi connectivity index (χ3n) is 2.52. The summed E-state index contributed by atoms with van der Waals surface area (Å²) in [7, 11) is 3.56. The van der Waals surface area contributed by atoms with Crippen LogP contribution in [-0.2, 0) is 9.53 Å². The third kappa shape index (κ3) is 3.27. The number of likely N-dealkylation sites (N-methyl/N-ethyl adjacent to an activating group) is 1. The molecule has 0 aliphatic carbocycles. The van der Waals surface area contributed by atoms with Crippen molar-refractivity contribution >= 4 is 5.91 Å². The van der Waals surface area contributed by atoms with Crippen LogP contribution in [0.25, 0.3) is 0 Å². The van der Waals surface area contributed by atoms with Crippen molar-refractivity contribution in [2.75, 3.05) is 27.3 Å². The largest absolute Gasteiger partial charge is 0.381 e. The highest BCUT2D eigenvalue weighted by molar-refractivity contribution is 5.80. The highest BCUT2D eigenvalue weighted by Gasteiger charge is 2.20. The van der Waals surface area contributed by atoms with Gasteiger partial charge in [-0.15, -0.1) is 0 Å². The van der Waals surface area contributed by atoms with E-state index in [0.717, 1.165) is 26.1 Å². The van der Waals surface area contributed by atoms with Crippen LogP contribution >= 0.6 is 0 Å². The van der Waals surface area contributed by atoms with Gasteiger partial charge in [-0.25, -0.2) is 0 Å². The molecular formula is C10H20N2O2. The summed E-state index contributed by atoms with van der Waals surface area (Å²) in [5, 5.41) is 3.33. The van der Waals surface area contributed by atoms with Crippen LogP contribution in [-0.4, -0.2) is 50.2 Å². The first-order valence-corrected chi connectivity index (χ1v) is 5.16. The second kappa shape index (κ2) is 5.32. The Morgan fingerprint density at radius 1 is 1.43 bits per heavy atom. The van der Waals surface area contributed by atoms with Crippen molar-refractivity contribution in [2.45, 2.75) is 31.8 Å². The molecule has 0 radical (unpaired) electrons. The Morgan fingerprint density at radius 3 is 2.50 bits per heavy atom. The summed E-state index contributed by atoms with van der Waals surface area (Å²) in [6.07, 6.45) is 2.01. The molecule has 1 aliphatic heterocycles. The number of nitrogens with one attached hydrogen (secondary N) is 1. The van der Waals surface area contributed by atoms with E-state index in [2.05, 4.69) is 5.32 Å². The maximum Gasteiger partial charge on any atom is 0.238 e. The normalized spacial score (nSPS) is 20.5. The minimum atomic E-state index is -0.0897. The Morgan fingerprint density at radius 2 is 2.00 bits per heavy atom. The van der Waals surface area contributed by atoms with E-state index in [4.69, 9.17) is 4.74 Å². The average Bonchev–Trinajstić information content (AvgIpc) is 2.18. The highest BCUT2D eigenvalue weighted by Crippen LogP contribution is 2.07. The molecule has 1 unspecified atom stereocenters. The lowest BCUT2D eigenvalue weighted by Gasteiger charge is -2.27. The smallest absolute Gasteiger partial charge is 0.238 e. The Kier molecular flexibility index (Phi) is 4.35. The highest BCUT2D eigenvalue weighted by atomic mass is 16.5. The predicted molar refractivity (Wildman–Crippen MR) is 55.1 cm³/mol. The van der Waals surface area contributed by atoms with Crippen molar-refractivity contribution < 1.29 is 9.53 Å². The fourth-order valence-corrected chi connectivity index (χ4v) is 1.68. The van der Waals surface area contributed by atoms with Crippen LogP contribution in [0.2, 0.25) is 0 Å². The van der Waals surface area contributed by atoms with Crippen molar-refractivity contribution in [1.29, 1.82) is 0 Å². The van der Waals surface area contributed by atoms with Gasteiger partial charge in [0, 0.05) is 33.4 Å². The summed E-state index contributed by atoms with van der Waals surface area (Å²) in [6.45, 7) is 3.53. The van der Waals surface area contributed by atoms with Crippen LogP contribution in [0.4, 0.5) is 0 Å². The van der Waals surface area contributed by atoms with Gasteiger partial charge in [0.1, 0.15) is 0 Å². The molecule has 4 heteroatoms. The Balaban J connectivity index is 2.31. The lowest BCUT2D eigenvalue weighted by atomic mass is 10.1. The Hall–Kier alpha value is -0.610. The summed E-state index contributed by atoms with van der Waals surface area (Å²) in [5.41, 5.74) is 0. The van der Waals surface area contributed by atoms with Crippen molar-refractivity contribution in [3.63, 3.8) is 0 Å². The molecule has 1 rings (SSSR count). The molecule has 0 saturated carbocycles. The standard InChI is InChI=1S/C10H20N2O2/c1-8(10(13)12(2)3)11-9-4-6-14-7-5-9/h8-9,11H,4-7H2,1-3H3. The molecule has 1 amide bonds. The van der Waals surface area contributed by atoms with E-state index in [0.29, 0.717) is 6.04 Å². The summed E-state index contributed by atoms with van der Waals surface area (Å²) in [6, 6.07) is 0.343. The molecule has 1 saturated heterocycles. The van der Waals surface area contributed by atoms with Crippen LogP contribution in [0.5, 0.6) is 0 Å². The molecule has 82 valence electrons. The van der Waals surface area contributed by atoms with Crippen molar-refractivity contribution in [2.24, 2.45) is 0 Å². The Labute approximate surface area is 85.6 Å². The molecule has 0 bridgehead atoms. The SMILES string of the molecule is CC(NC1CCOCC1)C(=O)N(C)C. The molecular weight excluding hydrogens is 180 g/mol. The fourth-order valence-electron chi connectivity index (χ4n) is 1.68. The molecule has 0 aromatic heterocycles. The number of rotatable bonds is 3. The minimum absolute atomic E-state index is 0.0897. The molecule has 1 atom stereocenters. The summed E-state index contributed by atoms with van der Waals surface area (Å²) in [4.78, 5) is 13.2. The quantitative estimate of drug-likeness (QED) is 0.709. The van der Waals surface area contributed by atoms with Gasteiger partial charge >= 0.3 is 0 Å². The third-order valence-corrected chi connectivity index (χ3v) is 2.52. The molecule has 1 heterocycles. The number of nitrogens with zero attached hydrogens (tertiary/aromatic N) is 1. The maximum atomic E-state index is 11.5. The summed E-state index contributed by atoms with van der Waals surface area (Å²) < 4.78 is 5.25. The second-order valence-corrected chi connectivity index (χ2v) is 4.01. The number of carbonyl (C=O) groups is 1. The topological polar surface area (TPSA) is 41.6 Å². The summed E-state index contributed by atoms with van der Waals surface area (Å²) in [5.74, 6) is 0.136. The number of carbonyl (C=O) groups excluding carboxylic acids is 1. The zero-order valence-electron chi connectivity index (χ0n) is 9.25. The van der Waals surface area contributed by atoms with E-state index in [1.54, 1.807) is 19.0 Å². The molecule has 0 aromatic carbocycles. The number of ether oxygens (including phenoxy) is 1. The van der Waals surface area contributed by atoms with Gasteiger partial charge in [0.15, 0.2) is 0 Å². The van der Waals surface area contributed by atoms with Crippen molar-refractivity contribution in [1.82, 2.24) is 10.2 Å². The van der Waals surface area contributed by atoms with Gasteiger partial charge in [-0.2, -0.15) is 0 Å². The van der Waals surface area contributed by atoms with Gasteiger partial charge in [-0.3, -0.25) is 4.79 Å². The zero-order chi connectivity index (χ0) is 10.6. The molecule has 1 N–H and O–H groups in total. The van der Waals surface area contributed by atoms with Gasteiger partial charge in [0.25, 0.3) is 0 Å². The van der Waals surface area contributed by atoms with Crippen LogP contribution in [0, 0.1) is 0 Å². The first-order valence-electron chi connectivity index (χ1n) is 5.16. The van der Waals surface area contributed by atoms with Crippen molar-refractivity contribution in [3.8, 4) is 0 Å². The second-order valence-electron chi connectivity index (χ2n) is 4.01. The van der Waals surface area contributed by atoms with Crippen molar-refractivity contribution in [3.05, 3.63) is 0 Å². The molecule has 0 aromatic rings. The molecule has 1 aliphatic rings. The first-order chi connectivity index (χ1) is 6.61. The van der Waals surface area contributed by atoms with E-state index >= 15 is 0 Å². The number of hydrogen-bond acceptors (Lipinski definition) is 3. The zero-order valence-corrected chi connectivity index (χ0v) is 9.25. The molecule has 14 heavy (non-hydrogen) atoms. The van der Waals surface area contributed by atoms with Gasteiger partial charge in [0.2, 0.25) is 5.91 Å². The minimum Gasteiger partial charge on any atom is -0.381 e. The van der Waals surface area contributed by atoms with Gasteiger partial charge in [0.05, 0.1) is 6.04 Å². The van der Waals surface area contributed by atoms with E-state index < -0.39 is 0 Å². The Bertz CT molecular complexity index is 189. The van der Waals surface area contributed by atoms with E-state index in [-0.39, 0.29) is 11.9 Å². The first kappa shape index (κ1) is 11.5. The lowest BCUT2D eigenvalue weighted by molar-refractivity contribution is -0.130. The molecule has 4 nitrogen and oxygen atoms in total. The van der Waals surface area contributed by atoms with Crippen LogP contribution in [0.1, 0.15) is 19.8 Å². The van der Waals surface area contributed by atoms with E-state index in [1.165, 1.54) is 0 Å². The van der Waals surface area contributed by atoms with Crippen LogP contribution in [0.15, 0.2) is 0 Å². The molecule has 1 fully saturated rings.